The second kappa shape index (κ2) is 7.18. The number of piperidine rings is 2. The molecule has 2 bridgehead atoms. The van der Waals surface area contributed by atoms with Crippen LogP contribution in [0, 0.1) is 12.3 Å². The van der Waals surface area contributed by atoms with Crippen molar-refractivity contribution in [1.29, 1.82) is 0 Å². The van der Waals surface area contributed by atoms with Crippen LogP contribution in [0.15, 0.2) is 10.6 Å². The summed E-state index contributed by atoms with van der Waals surface area (Å²) in [5.74, 6) is 0.597. The van der Waals surface area contributed by atoms with Crippen LogP contribution < -0.4 is 5.32 Å². The fourth-order valence-corrected chi connectivity index (χ4v) is 6.88. The van der Waals surface area contributed by atoms with E-state index in [1.165, 1.54) is 0 Å². The van der Waals surface area contributed by atoms with Gasteiger partial charge in [-0.25, -0.2) is 12.7 Å². The predicted octanol–water partition coefficient (Wildman–Crippen LogP) is 0.993. The quantitative estimate of drug-likeness (QED) is 0.798. The summed E-state index contributed by atoms with van der Waals surface area (Å²) in [6.07, 6.45) is 4.37. The highest BCUT2D eigenvalue weighted by molar-refractivity contribution is 7.89. The summed E-state index contributed by atoms with van der Waals surface area (Å²) in [5, 5.41) is 6.66. The molecule has 27 heavy (non-hydrogen) atoms. The van der Waals surface area contributed by atoms with Crippen LogP contribution in [0.2, 0.25) is 0 Å². The predicted molar refractivity (Wildman–Crippen MR) is 99.8 cm³/mol. The lowest BCUT2D eigenvalue weighted by atomic mass is 9.83. The number of hydrogen-bond donors (Lipinski definition) is 1. The Morgan fingerprint density at radius 3 is 2.78 bits per heavy atom. The van der Waals surface area contributed by atoms with E-state index in [2.05, 4.69) is 15.4 Å². The number of rotatable bonds is 5. The molecule has 3 aliphatic heterocycles. The number of carbonyl (C=O) groups is 1. The van der Waals surface area contributed by atoms with Gasteiger partial charge in [-0.05, 0) is 57.5 Å². The zero-order valence-electron chi connectivity index (χ0n) is 15.8. The molecule has 3 fully saturated rings. The topological polar surface area (TPSA) is 95.8 Å². The van der Waals surface area contributed by atoms with E-state index in [-0.39, 0.29) is 28.8 Å². The van der Waals surface area contributed by atoms with Crippen LogP contribution in [0.1, 0.15) is 48.4 Å². The van der Waals surface area contributed by atoms with Crippen molar-refractivity contribution in [3.05, 3.63) is 17.5 Å². The number of hydrogen-bond acceptors (Lipinski definition) is 6. The normalized spacial score (nSPS) is 29.7. The summed E-state index contributed by atoms with van der Waals surface area (Å²) >= 11 is 0. The molecule has 150 valence electrons. The highest BCUT2D eigenvalue weighted by atomic mass is 32.2. The first-order chi connectivity index (χ1) is 12.9. The first kappa shape index (κ1) is 18.9. The van der Waals surface area contributed by atoms with Crippen molar-refractivity contribution in [2.24, 2.45) is 5.41 Å². The second-order valence-electron chi connectivity index (χ2n) is 8.36. The minimum Gasteiger partial charge on any atom is -0.361 e. The maximum absolute atomic E-state index is 13.0. The molecule has 2 unspecified atom stereocenters. The van der Waals surface area contributed by atoms with E-state index in [1.54, 1.807) is 17.3 Å². The lowest BCUT2D eigenvalue weighted by Gasteiger charge is -2.37. The van der Waals surface area contributed by atoms with Crippen LogP contribution in [0.25, 0.3) is 0 Å². The number of amides is 1. The number of aromatic nitrogens is 1. The van der Waals surface area contributed by atoms with Crippen molar-refractivity contribution in [2.45, 2.75) is 45.1 Å². The molecule has 0 spiro atoms. The Morgan fingerprint density at radius 2 is 2.07 bits per heavy atom. The van der Waals surface area contributed by atoms with Gasteiger partial charge < -0.3 is 14.7 Å². The molecule has 0 saturated carbocycles. The van der Waals surface area contributed by atoms with Gasteiger partial charge in [0.1, 0.15) is 5.76 Å². The molecule has 1 N–H and O–H groups in total. The molecule has 9 heteroatoms. The smallest absolute Gasteiger partial charge is 0.273 e. The van der Waals surface area contributed by atoms with Crippen LogP contribution in [0.4, 0.5) is 0 Å². The SMILES string of the molecule is Cc1cc(C(=O)NC2CCN(S(=O)(=O)CC34CCCN(CC3)C4)CC2)no1. The zero-order chi connectivity index (χ0) is 19.1. The molecule has 3 saturated heterocycles. The van der Waals surface area contributed by atoms with Crippen LogP contribution >= 0.6 is 0 Å². The first-order valence-electron chi connectivity index (χ1n) is 9.80. The van der Waals surface area contributed by atoms with Gasteiger partial charge in [0.25, 0.3) is 5.91 Å². The van der Waals surface area contributed by atoms with E-state index in [0.29, 0.717) is 31.7 Å². The maximum atomic E-state index is 13.0. The van der Waals surface area contributed by atoms with E-state index in [0.717, 1.165) is 38.9 Å². The monoisotopic (exact) mass is 396 g/mol. The van der Waals surface area contributed by atoms with Gasteiger partial charge in [-0.2, -0.15) is 0 Å². The molecule has 4 heterocycles. The standard InChI is InChI=1S/C18H28N4O4S/c1-14-11-16(20-26-14)17(23)19-15-3-8-22(9-4-15)27(24,25)13-18-5-2-7-21(12-18)10-6-18/h11,15H,2-10,12-13H2,1H3,(H,19,23). The van der Waals surface area contributed by atoms with E-state index in [9.17, 15) is 13.2 Å². The Hall–Kier alpha value is -1.45. The molecule has 8 nitrogen and oxygen atoms in total. The molecule has 2 atom stereocenters. The molecule has 1 aromatic heterocycles. The fourth-order valence-electron chi connectivity index (χ4n) is 4.78. The van der Waals surface area contributed by atoms with Crippen molar-refractivity contribution >= 4 is 15.9 Å². The molecule has 0 radical (unpaired) electrons. The minimum absolute atomic E-state index is 0.0317. The van der Waals surface area contributed by atoms with Gasteiger partial charge >= 0.3 is 0 Å². The molecule has 0 aromatic carbocycles. The Morgan fingerprint density at radius 1 is 1.30 bits per heavy atom. The number of nitrogens with zero attached hydrogens (tertiary/aromatic N) is 3. The third-order valence-corrected chi connectivity index (χ3v) is 8.36. The number of nitrogens with one attached hydrogen (secondary N) is 1. The van der Waals surface area contributed by atoms with E-state index >= 15 is 0 Å². The van der Waals surface area contributed by atoms with E-state index in [1.807, 2.05) is 0 Å². The summed E-state index contributed by atoms with van der Waals surface area (Å²) in [6.45, 7) is 5.73. The van der Waals surface area contributed by atoms with Crippen molar-refractivity contribution in [3.63, 3.8) is 0 Å². The molecular weight excluding hydrogens is 368 g/mol. The average Bonchev–Trinajstić information content (AvgIpc) is 3.18. The summed E-state index contributed by atoms with van der Waals surface area (Å²) in [7, 11) is -3.26. The van der Waals surface area contributed by atoms with Crippen LogP contribution in [0.5, 0.6) is 0 Å². The highest BCUT2D eigenvalue weighted by Gasteiger charge is 2.45. The fraction of sp³-hybridized carbons (Fsp3) is 0.778. The summed E-state index contributed by atoms with van der Waals surface area (Å²) in [5.41, 5.74) is 0.220. The van der Waals surface area contributed by atoms with Gasteiger partial charge in [0.05, 0.1) is 5.75 Å². The van der Waals surface area contributed by atoms with Gasteiger partial charge in [-0.15, -0.1) is 0 Å². The van der Waals surface area contributed by atoms with Gasteiger partial charge in [0, 0.05) is 31.7 Å². The molecule has 1 amide bonds. The van der Waals surface area contributed by atoms with E-state index in [4.69, 9.17) is 4.52 Å². The van der Waals surface area contributed by atoms with Crippen LogP contribution in [-0.4, -0.2) is 73.2 Å². The Balaban J connectivity index is 1.31. The molecule has 3 aliphatic rings. The lowest BCUT2D eigenvalue weighted by molar-refractivity contribution is 0.0914. The van der Waals surface area contributed by atoms with Gasteiger partial charge in [-0.3, -0.25) is 4.79 Å². The van der Waals surface area contributed by atoms with Gasteiger partial charge in [0.2, 0.25) is 10.0 Å². The number of fused-ring (bicyclic) bond motifs is 2. The number of sulfonamides is 1. The molecular formula is C18H28N4O4S. The molecule has 1 aromatic rings. The summed E-state index contributed by atoms with van der Waals surface area (Å²) in [4.78, 5) is 14.6. The summed E-state index contributed by atoms with van der Waals surface area (Å²) in [6, 6.07) is 1.57. The van der Waals surface area contributed by atoms with Gasteiger partial charge in [0.15, 0.2) is 5.69 Å². The maximum Gasteiger partial charge on any atom is 0.273 e. The first-order valence-corrected chi connectivity index (χ1v) is 11.4. The van der Waals surface area contributed by atoms with Crippen molar-refractivity contribution in [3.8, 4) is 0 Å². The van der Waals surface area contributed by atoms with Crippen LogP contribution in [-0.2, 0) is 10.0 Å². The van der Waals surface area contributed by atoms with Gasteiger partial charge in [-0.1, -0.05) is 5.16 Å². The molecule has 0 aliphatic carbocycles. The highest BCUT2D eigenvalue weighted by Crippen LogP contribution is 2.41. The Bertz CT molecular complexity index is 796. The molecule has 4 rings (SSSR count). The third kappa shape index (κ3) is 4.05. The lowest BCUT2D eigenvalue weighted by Crippen LogP contribution is -2.49. The Labute approximate surface area is 160 Å². The second-order valence-corrected chi connectivity index (χ2v) is 10.3. The average molecular weight is 397 g/mol. The Kier molecular flexibility index (Phi) is 5.02. The van der Waals surface area contributed by atoms with Crippen molar-refractivity contribution in [2.75, 3.05) is 38.5 Å². The number of carbonyl (C=O) groups excluding carboxylic acids is 1. The third-order valence-electron chi connectivity index (χ3n) is 6.23. The number of aryl methyl sites for hydroxylation is 1. The van der Waals surface area contributed by atoms with Crippen molar-refractivity contribution < 1.29 is 17.7 Å². The van der Waals surface area contributed by atoms with Crippen LogP contribution in [0.3, 0.4) is 0 Å². The summed E-state index contributed by atoms with van der Waals surface area (Å²) < 4.78 is 32.5. The van der Waals surface area contributed by atoms with E-state index < -0.39 is 10.0 Å². The zero-order valence-corrected chi connectivity index (χ0v) is 16.6. The largest absolute Gasteiger partial charge is 0.361 e. The minimum atomic E-state index is -3.26. The van der Waals surface area contributed by atoms with Crippen molar-refractivity contribution in [1.82, 2.24) is 19.7 Å².